The van der Waals surface area contributed by atoms with Gasteiger partial charge in [0.2, 0.25) is 0 Å². The number of nitrogens with zero attached hydrogens (tertiary/aromatic N) is 4. The van der Waals surface area contributed by atoms with Crippen LogP contribution in [0.15, 0.2) is 29.4 Å². The smallest absolute Gasteiger partial charge is 0.0628 e. The van der Waals surface area contributed by atoms with Crippen LogP contribution in [0.2, 0.25) is 0 Å². The lowest BCUT2D eigenvalue weighted by molar-refractivity contribution is 0.142. The maximum Gasteiger partial charge on any atom is 0.0628 e. The molecule has 0 aliphatic carbocycles. The minimum atomic E-state index is 0.180. The highest BCUT2D eigenvalue weighted by Crippen LogP contribution is 2.16. The van der Waals surface area contributed by atoms with Crippen LogP contribution in [0, 0.1) is 0 Å². The monoisotopic (exact) mass is 216 g/mol. The molecule has 0 bridgehead atoms. The van der Waals surface area contributed by atoms with Crippen molar-refractivity contribution in [3.63, 3.8) is 0 Å². The summed E-state index contributed by atoms with van der Waals surface area (Å²) >= 11 is 0. The van der Waals surface area contributed by atoms with Crippen molar-refractivity contribution in [1.82, 2.24) is 4.90 Å². The van der Waals surface area contributed by atoms with Crippen molar-refractivity contribution in [1.29, 1.82) is 0 Å². The van der Waals surface area contributed by atoms with Crippen LogP contribution in [0.3, 0.4) is 0 Å². The maximum absolute atomic E-state index is 8.28. The molecule has 4 heteroatoms. The SMILES string of the molecule is CCc1ccc(CN2CC(N=[N+]=[N-])C2)cc1. The Morgan fingerprint density at radius 3 is 2.50 bits per heavy atom. The lowest BCUT2D eigenvalue weighted by Crippen LogP contribution is -2.48. The van der Waals surface area contributed by atoms with E-state index in [1.165, 1.54) is 11.1 Å². The number of azide groups is 1. The highest BCUT2D eigenvalue weighted by molar-refractivity contribution is 5.22. The first kappa shape index (κ1) is 11.0. The highest BCUT2D eigenvalue weighted by Gasteiger charge is 2.24. The van der Waals surface area contributed by atoms with Crippen molar-refractivity contribution >= 4 is 0 Å². The number of aryl methyl sites for hydroxylation is 1. The van der Waals surface area contributed by atoms with E-state index < -0.39 is 0 Å². The van der Waals surface area contributed by atoms with Crippen LogP contribution in [0.25, 0.3) is 10.4 Å². The Kier molecular flexibility index (Phi) is 3.44. The summed E-state index contributed by atoms with van der Waals surface area (Å²) in [5.41, 5.74) is 11.0. The van der Waals surface area contributed by atoms with Crippen molar-refractivity contribution in [2.45, 2.75) is 25.9 Å². The quantitative estimate of drug-likeness (QED) is 0.433. The van der Waals surface area contributed by atoms with Crippen LogP contribution >= 0.6 is 0 Å². The van der Waals surface area contributed by atoms with E-state index in [4.69, 9.17) is 5.53 Å². The van der Waals surface area contributed by atoms with Crippen LogP contribution < -0.4 is 0 Å². The fourth-order valence-corrected chi connectivity index (χ4v) is 1.96. The molecule has 1 saturated heterocycles. The molecule has 0 atom stereocenters. The number of hydrogen-bond donors (Lipinski definition) is 0. The predicted octanol–water partition coefficient (Wildman–Crippen LogP) is 2.74. The second-order valence-corrected chi connectivity index (χ2v) is 4.22. The van der Waals surface area contributed by atoms with E-state index in [0.29, 0.717) is 0 Å². The lowest BCUT2D eigenvalue weighted by Gasteiger charge is -2.36. The zero-order valence-corrected chi connectivity index (χ0v) is 9.50. The zero-order valence-electron chi connectivity index (χ0n) is 9.50. The van der Waals surface area contributed by atoms with Crippen LogP contribution in [0.1, 0.15) is 18.1 Å². The fourth-order valence-electron chi connectivity index (χ4n) is 1.96. The molecule has 0 spiro atoms. The van der Waals surface area contributed by atoms with Gasteiger partial charge in [-0.25, -0.2) is 0 Å². The second kappa shape index (κ2) is 5.01. The van der Waals surface area contributed by atoms with Crippen molar-refractivity contribution in [3.05, 3.63) is 45.8 Å². The Hall–Kier alpha value is -1.51. The van der Waals surface area contributed by atoms with Gasteiger partial charge in [0.05, 0.1) is 6.04 Å². The molecule has 0 saturated carbocycles. The van der Waals surface area contributed by atoms with Gasteiger partial charge >= 0.3 is 0 Å². The molecular formula is C12H16N4. The lowest BCUT2D eigenvalue weighted by atomic mass is 10.1. The van der Waals surface area contributed by atoms with E-state index >= 15 is 0 Å². The van der Waals surface area contributed by atoms with Gasteiger partial charge in [0.1, 0.15) is 0 Å². The number of hydrogen-bond acceptors (Lipinski definition) is 2. The molecule has 1 heterocycles. The molecule has 16 heavy (non-hydrogen) atoms. The molecule has 4 nitrogen and oxygen atoms in total. The molecule has 1 aromatic rings. The third kappa shape index (κ3) is 2.54. The van der Waals surface area contributed by atoms with Gasteiger partial charge in [-0.15, -0.1) is 0 Å². The van der Waals surface area contributed by atoms with Gasteiger partial charge in [-0.1, -0.05) is 36.3 Å². The summed E-state index contributed by atoms with van der Waals surface area (Å²) < 4.78 is 0. The van der Waals surface area contributed by atoms with Gasteiger partial charge < -0.3 is 0 Å². The summed E-state index contributed by atoms with van der Waals surface area (Å²) in [5, 5.41) is 3.69. The van der Waals surface area contributed by atoms with Crippen molar-refractivity contribution in [2.75, 3.05) is 13.1 Å². The summed E-state index contributed by atoms with van der Waals surface area (Å²) in [7, 11) is 0. The molecule has 0 aromatic heterocycles. The first-order chi connectivity index (χ1) is 7.81. The van der Waals surface area contributed by atoms with Gasteiger partial charge in [0.25, 0.3) is 0 Å². The molecule has 0 amide bonds. The Morgan fingerprint density at radius 2 is 1.94 bits per heavy atom. The van der Waals surface area contributed by atoms with E-state index in [-0.39, 0.29) is 6.04 Å². The summed E-state index contributed by atoms with van der Waals surface area (Å²) in [5.74, 6) is 0. The maximum atomic E-state index is 8.28. The molecule has 1 aromatic carbocycles. The largest absolute Gasteiger partial charge is 0.298 e. The van der Waals surface area contributed by atoms with Gasteiger partial charge in [-0.3, -0.25) is 4.90 Å². The topological polar surface area (TPSA) is 52.0 Å². The van der Waals surface area contributed by atoms with E-state index in [1.807, 2.05) is 0 Å². The van der Waals surface area contributed by atoms with E-state index in [0.717, 1.165) is 26.1 Å². The third-order valence-corrected chi connectivity index (χ3v) is 2.99. The zero-order chi connectivity index (χ0) is 11.4. The van der Waals surface area contributed by atoms with Crippen LogP contribution in [0.5, 0.6) is 0 Å². The molecule has 1 aliphatic heterocycles. The molecule has 0 radical (unpaired) electrons. The van der Waals surface area contributed by atoms with E-state index in [2.05, 4.69) is 46.1 Å². The predicted molar refractivity (Wildman–Crippen MR) is 64.0 cm³/mol. The van der Waals surface area contributed by atoms with Gasteiger partial charge in [0, 0.05) is 24.5 Å². The standard InChI is InChI=1S/C12H16N4/c1-2-10-3-5-11(6-4-10)7-16-8-12(9-16)14-15-13/h3-6,12H,2,7-9H2,1H3. The normalized spacial score (nSPS) is 16.6. The Balaban J connectivity index is 1.84. The fraction of sp³-hybridized carbons (Fsp3) is 0.500. The van der Waals surface area contributed by atoms with Crippen molar-refractivity contribution in [2.24, 2.45) is 5.11 Å². The summed E-state index contributed by atoms with van der Waals surface area (Å²) in [6, 6.07) is 8.90. The Bertz CT molecular complexity index is 386. The molecule has 1 aliphatic rings. The van der Waals surface area contributed by atoms with Crippen molar-refractivity contribution in [3.8, 4) is 0 Å². The van der Waals surface area contributed by atoms with Crippen LogP contribution in [0.4, 0.5) is 0 Å². The molecule has 0 unspecified atom stereocenters. The van der Waals surface area contributed by atoms with Gasteiger partial charge in [-0.05, 0) is 23.1 Å². The molecule has 2 rings (SSSR count). The summed E-state index contributed by atoms with van der Waals surface area (Å²) in [6.45, 7) is 4.90. The Morgan fingerprint density at radius 1 is 1.31 bits per heavy atom. The second-order valence-electron chi connectivity index (χ2n) is 4.22. The molecule has 84 valence electrons. The number of rotatable bonds is 4. The third-order valence-electron chi connectivity index (χ3n) is 2.99. The first-order valence-corrected chi connectivity index (χ1v) is 5.66. The average Bonchev–Trinajstić information content (AvgIpc) is 2.27. The van der Waals surface area contributed by atoms with Crippen molar-refractivity contribution < 1.29 is 0 Å². The van der Waals surface area contributed by atoms with Crippen LogP contribution in [-0.2, 0) is 13.0 Å². The minimum absolute atomic E-state index is 0.180. The van der Waals surface area contributed by atoms with Gasteiger partial charge in [0.15, 0.2) is 0 Å². The summed E-state index contributed by atoms with van der Waals surface area (Å²) in [6.07, 6.45) is 1.09. The number of benzene rings is 1. The molecule has 1 fully saturated rings. The Labute approximate surface area is 95.5 Å². The highest BCUT2D eigenvalue weighted by atomic mass is 15.3. The van der Waals surface area contributed by atoms with E-state index in [9.17, 15) is 0 Å². The number of likely N-dealkylation sites (tertiary alicyclic amines) is 1. The van der Waals surface area contributed by atoms with E-state index in [1.54, 1.807) is 0 Å². The van der Waals surface area contributed by atoms with Crippen LogP contribution in [-0.4, -0.2) is 24.0 Å². The summed E-state index contributed by atoms with van der Waals surface area (Å²) in [4.78, 5) is 5.11. The van der Waals surface area contributed by atoms with Gasteiger partial charge in [-0.2, -0.15) is 0 Å². The molecular weight excluding hydrogens is 200 g/mol. The molecule has 0 N–H and O–H groups in total. The first-order valence-electron chi connectivity index (χ1n) is 5.66. The minimum Gasteiger partial charge on any atom is -0.298 e. The average molecular weight is 216 g/mol.